The van der Waals surface area contributed by atoms with Gasteiger partial charge in [-0.25, -0.2) is 9.67 Å². The number of hydrogen-bond acceptors (Lipinski definition) is 3. The highest BCUT2D eigenvalue weighted by atomic mass is 16.4. The van der Waals surface area contributed by atoms with Gasteiger partial charge in [0.1, 0.15) is 18.2 Å². The fourth-order valence-electron chi connectivity index (χ4n) is 2.23. The molecule has 5 heteroatoms. The molecule has 2 aromatic rings. The number of aromatic nitrogens is 3. The molecule has 0 radical (unpaired) electrons. The van der Waals surface area contributed by atoms with Gasteiger partial charge >= 0.3 is 5.97 Å². The van der Waals surface area contributed by atoms with Crippen LogP contribution in [-0.4, -0.2) is 25.8 Å². The molecule has 19 heavy (non-hydrogen) atoms. The molecular formula is C14H17N3O2. The van der Waals surface area contributed by atoms with Gasteiger partial charge in [0.25, 0.3) is 0 Å². The van der Waals surface area contributed by atoms with Crippen LogP contribution >= 0.6 is 0 Å². The Bertz CT molecular complexity index is 563. The van der Waals surface area contributed by atoms with Crippen LogP contribution in [0, 0.1) is 6.92 Å². The molecule has 0 unspecified atom stereocenters. The molecule has 2 rings (SSSR count). The van der Waals surface area contributed by atoms with Gasteiger partial charge < -0.3 is 5.11 Å². The third-order valence-electron chi connectivity index (χ3n) is 3.01. The first-order valence-electron chi connectivity index (χ1n) is 6.30. The van der Waals surface area contributed by atoms with Gasteiger partial charge in [0.15, 0.2) is 0 Å². The van der Waals surface area contributed by atoms with E-state index < -0.39 is 5.97 Å². The number of benzene rings is 1. The smallest absolute Gasteiger partial charge is 0.325 e. The van der Waals surface area contributed by atoms with Gasteiger partial charge in [-0.2, -0.15) is 5.10 Å². The average molecular weight is 259 g/mol. The lowest BCUT2D eigenvalue weighted by Gasteiger charge is -2.15. The van der Waals surface area contributed by atoms with Crippen LogP contribution in [0.2, 0.25) is 0 Å². The highest BCUT2D eigenvalue weighted by molar-refractivity contribution is 5.66. The summed E-state index contributed by atoms with van der Waals surface area (Å²) in [5, 5.41) is 13.1. The summed E-state index contributed by atoms with van der Waals surface area (Å²) in [5.74, 6) is 0.482. The maximum absolute atomic E-state index is 10.9. The molecule has 0 amide bonds. The van der Waals surface area contributed by atoms with Crippen molar-refractivity contribution in [3.8, 4) is 0 Å². The van der Waals surface area contributed by atoms with Crippen LogP contribution in [-0.2, 0) is 11.3 Å². The van der Waals surface area contributed by atoms with Crippen molar-refractivity contribution < 1.29 is 9.90 Å². The van der Waals surface area contributed by atoms with Gasteiger partial charge in [-0.15, -0.1) is 0 Å². The molecule has 0 bridgehead atoms. The zero-order valence-electron chi connectivity index (χ0n) is 11.1. The van der Waals surface area contributed by atoms with E-state index in [0.717, 1.165) is 12.0 Å². The Kier molecular flexibility index (Phi) is 3.94. The minimum Gasteiger partial charge on any atom is -0.480 e. The molecule has 0 spiro atoms. The summed E-state index contributed by atoms with van der Waals surface area (Å²) in [6, 6.07) is 9.97. The fraction of sp³-hybridized carbons (Fsp3) is 0.357. The Hall–Kier alpha value is -2.17. The van der Waals surface area contributed by atoms with Crippen molar-refractivity contribution in [3.63, 3.8) is 0 Å². The summed E-state index contributed by atoms with van der Waals surface area (Å²) in [7, 11) is 0. The lowest BCUT2D eigenvalue weighted by Crippen LogP contribution is -2.16. The van der Waals surface area contributed by atoms with Crippen molar-refractivity contribution in [2.24, 2.45) is 0 Å². The van der Waals surface area contributed by atoms with Crippen molar-refractivity contribution >= 4 is 5.97 Å². The van der Waals surface area contributed by atoms with E-state index in [-0.39, 0.29) is 12.5 Å². The summed E-state index contributed by atoms with van der Waals surface area (Å²) in [4.78, 5) is 15.3. The molecule has 0 aliphatic carbocycles. The molecule has 1 N–H and O–H groups in total. The third kappa shape index (κ3) is 2.99. The topological polar surface area (TPSA) is 68.0 Å². The van der Waals surface area contributed by atoms with E-state index in [4.69, 9.17) is 5.11 Å². The predicted octanol–water partition coefficient (Wildman–Crippen LogP) is 2.21. The molecule has 5 nitrogen and oxygen atoms in total. The quantitative estimate of drug-likeness (QED) is 0.894. The lowest BCUT2D eigenvalue weighted by atomic mass is 9.96. The molecule has 100 valence electrons. The van der Waals surface area contributed by atoms with E-state index >= 15 is 0 Å². The maximum Gasteiger partial charge on any atom is 0.325 e. The van der Waals surface area contributed by atoms with Gasteiger partial charge in [0.05, 0.1) is 0 Å². The number of carbonyl (C=O) groups is 1. The maximum atomic E-state index is 10.9. The largest absolute Gasteiger partial charge is 0.480 e. The van der Waals surface area contributed by atoms with Crippen LogP contribution in [0.15, 0.2) is 30.3 Å². The van der Waals surface area contributed by atoms with Crippen LogP contribution in [0.25, 0.3) is 0 Å². The minimum absolute atomic E-state index is 0.0711. The normalized spacial score (nSPS) is 12.3. The number of aliphatic carboxylic acids is 1. The lowest BCUT2D eigenvalue weighted by molar-refractivity contribution is -0.137. The molecule has 0 aliphatic rings. The van der Waals surface area contributed by atoms with Crippen LogP contribution in [0.1, 0.15) is 36.5 Å². The van der Waals surface area contributed by atoms with E-state index in [9.17, 15) is 4.79 Å². The number of rotatable bonds is 5. The fourth-order valence-corrected chi connectivity index (χ4v) is 2.23. The first-order valence-corrected chi connectivity index (χ1v) is 6.30. The zero-order valence-corrected chi connectivity index (χ0v) is 11.1. The monoisotopic (exact) mass is 259 g/mol. The van der Waals surface area contributed by atoms with Crippen LogP contribution < -0.4 is 0 Å². The predicted molar refractivity (Wildman–Crippen MR) is 71.0 cm³/mol. The second-order valence-electron chi connectivity index (χ2n) is 4.44. The van der Waals surface area contributed by atoms with Crippen molar-refractivity contribution in [3.05, 3.63) is 47.5 Å². The number of aryl methyl sites for hydroxylation is 1. The number of carboxylic acid groups (broad SMARTS) is 1. The summed E-state index contributed by atoms with van der Waals surface area (Å²) in [6.07, 6.45) is 0.849. The third-order valence-corrected chi connectivity index (χ3v) is 3.01. The molecule has 0 saturated heterocycles. The minimum atomic E-state index is -0.908. The van der Waals surface area contributed by atoms with Crippen LogP contribution in [0.4, 0.5) is 0 Å². The SMILES string of the molecule is CC[C@H](c1ccccc1)c1nc(C)nn1CC(=O)O. The van der Waals surface area contributed by atoms with Gasteiger partial charge in [-0.3, -0.25) is 4.79 Å². The molecule has 0 aliphatic heterocycles. The van der Waals surface area contributed by atoms with Crippen molar-refractivity contribution in [2.75, 3.05) is 0 Å². The summed E-state index contributed by atoms with van der Waals surface area (Å²) < 4.78 is 1.48. The Balaban J connectivity index is 2.41. The Morgan fingerprint density at radius 2 is 2.05 bits per heavy atom. The number of carboxylic acids is 1. The summed E-state index contributed by atoms with van der Waals surface area (Å²) >= 11 is 0. The van der Waals surface area contributed by atoms with Crippen LogP contribution in [0.5, 0.6) is 0 Å². The van der Waals surface area contributed by atoms with Crippen molar-refractivity contribution in [1.82, 2.24) is 14.8 Å². The summed E-state index contributed by atoms with van der Waals surface area (Å²) in [6.45, 7) is 3.69. The van der Waals surface area contributed by atoms with E-state index in [2.05, 4.69) is 17.0 Å². The Morgan fingerprint density at radius 1 is 1.37 bits per heavy atom. The van der Waals surface area contributed by atoms with E-state index in [1.54, 1.807) is 6.92 Å². The second kappa shape index (κ2) is 5.65. The Morgan fingerprint density at radius 3 is 2.63 bits per heavy atom. The average Bonchev–Trinajstić information content (AvgIpc) is 2.72. The summed E-state index contributed by atoms with van der Waals surface area (Å²) in [5.41, 5.74) is 1.13. The van der Waals surface area contributed by atoms with Crippen molar-refractivity contribution in [2.45, 2.75) is 32.7 Å². The van der Waals surface area contributed by atoms with E-state index in [0.29, 0.717) is 11.6 Å². The molecule has 0 saturated carbocycles. The zero-order chi connectivity index (χ0) is 13.8. The van der Waals surface area contributed by atoms with Gasteiger partial charge in [0.2, 0.25) is 0 Å². The number of hydrogen-bond donors (Lipinski definition) is 1. The highest BCUT2D eigenvalue weighted by Gasteiger charge is 2.20. The second-order valence-corrected chi connectivity index (χ2v) is 4.44. The van der Waals surface area contributed by atoms with Gasteiger partial charge in [0, 0.05) is 5.92 Å². The molecular weight excluding hydrogens is 242 g/mol. The molecule has 1 aromatic heterocycles. The van der Waals surface area contributed by atoms with E-state index in [1.165, 1.54) is 4.68 Å². The van der Waals surface area contributed by atoms with Gasteiger partial charge in [-0.1, -0.05) is 37.3 Å². The first-order chi connectivity index (χ1) is 9.11. The van der Waals surface area contributed by atoms with E-state index in [1.807, 2.05) is 30.3 Å². The molecule has 0 fully saturated rings. The molecule has 1 aromatic carbocycles. The van der Waals surface area contributed by atoms with Gasteiger partial charge in [-0.05, 0) is 18.9 Å². The molecule has 1 atom stereocenters. The molecule has 1 heterocycles. The van der Waals surface area contributed by atoms with Crippen LogP contribution in [0.3, 0.4) is 0 Å². The van der Waals surface area contributed by atoms with Crippen molar-refractivity contribution in [1.29, 1.82) is 0 Å². The Labute approximate surface area is 111 Å². The standard InChI is InChI=1S/C14H17N3O2/c1-3-12(11-7-5-4-6-8-11)14-15-10(2)16-17(14)9-13(18)19/h4-8,12H,3,9H2,1-2H3,(H,18,19)/t12-/m1/s1. The highest BCUT2D eigenvalue weighted by Crippen LogP contribution is 2.26. The number of nitrogens with zero attached hydrogens (tertiary/aromatic N) is 3. The first kappa shape index (κ1) is 13.3.